The standard InChI is InChI=1S/C9H10O2.C6H15NO/c1-2-11-9(10)8-6-4-3-5-7-8;1-4-5-6-8-7(2)3/h3-7H,2H2,1H3;4-6H2,1-3H3. The first-order chi connectivity index (χ1) is 9.11. The van der Waals surface area contributed by atoms with Gasteiger partial charge in [0, 0.05) is 14.1 Å². The molecule has 0 aromatic heterocycles. The molecule has 0 saturated carbocycles. The summed E-state index contributed by atoms with van der Waals surface area (Å²) < 4.78 is 4.79. The van der Waals surface area contributed by atoms with Gasteiger partial charge in [0.25, 0.3) is 0 Å². The predicted octanol–water partition coefficient (Wildman–Crippen LogP) is 3.14. The highest BCUT2D eigenvalue weighted by molar-refractivity contribution is 5.89. The van der Waals surface area contributed by atoms with Crippen LogP contribution in [0.4, 0.5) is 0 Å². The summed E-state index contributed by atoms with van der Waals surface area (Å²) in [6.07, 6.45) is 2.35. The zero-order valence-corrected chi connectivity index (χ0v) is 12.4. The van der Waals surface area contributed by atoms with E-state index in [-0.39, 0.29) is 5.97 Å². The highest BCUT2D eigenvalue weighted by Gasteiger charge is 2.02. The van der Waals surface area contributed by atoms with Crippen LogP contribution >= 0.6 is 0 Å². The number of hydroxylamine groups is 2. The third-order valence-corrected chi connectivity index (χ3v) is 2.13. The van der Waals surface area contributed by atoms with Gasteiger partial charge in [0.15, 0.2) is 0 Å². The van der Waals surface area contributed by atoms with Crippen LogP contribution in [-0.4, -0.2) is 38.3 Å². The minimum Gasteiger partial charge on any atom is -0.462 e. The molecule has 0 atom stereocenters. The lowest BCUT2D eigenvalue weighted by Crippen LogP contribution is -2.12. The van der Waals surface area contributed by atoms with Gasteiger partial charge >= 0.3 is 5.97 Å². The minimum absolute atomic E-state index is 0.256. The molecule has 0 aliphatic rings. The first-order valence-electron chi connectivity index (χ1n) is 6.64. The molecule has 4 nitrogen and oxygen atoms in total. The van der Waals surface area contributed by atoms with E-state index in [1.807, 2.05) is 32.3 Å². The molecule has 1 aromatic rings. The fourth-order valence-corrected chi connectivity index (χ4v) is 1.18. The molecule has 4 heteroatoms. The minimum atomic E-state index is -0.256. The van der Waals surface area contributed by atoms with E-state index in [9.17, 15) is 4.79 Å². The second-order valence-corrected chi connectivity index (χ2v) is 4.09. The summed E-state index contributed by atoms with van der Waals surface area (Å²) in [4.78, 5) is 16.1. The fraction of sp³-hybridized carbons (Fsp3) is 0.533. The van der Waals surface area contributed by atoms with Gasteiger partial charge in [0.2, 0.25) is 0 Å². The van der Waals surface area contributed by atoms with E-state index in [1.54, 1.807) is 24.1 Å². The van der Waals surface area contributed by atoms with Gasteiger partial charge in [-0.15, -0.1) is 0 Å². The van der Waals surface area contributed by atoms with Crippen LogP contribution in [0.5, 0.6) is 0 Å². The molecular weight excluding hydrogens is 242 g/mol. The molecule has 0 unspecified atom stereocenters. The van der Waals surface area contributed by atoms with Gasteiger partial charge in [-0.1, -0.05) is 31.5 Å². The van der Waals surface area contributed by atoms with Crippen molar-refractivity contribution in [3.05, 3.63) is 35.9 Å². The molecule has 0 bridgehead atoms. The monoisotopic (exact) mass is 267 g/mol. The van der Waals surface area contributed by atoms with Crippen LogP contribution in [0.15, 0.2) is 30.3 Å². The molecule has 19 heavy (non-hydrogen) atoms. The van der Waals surface area contributed by atoms with Crippen molar-refractivity contribution in [1.82, 2.24) is 5.06 Å². The number of unbranched alkanes of at least 4 members (excludes halogenated alkanes) is 1. The second-order valence-electron chi connectivity index (χ2n) is 4.09. The number of carbonyl (C=O) groups is 1. The van der Waals surface area contributed by atoms with Crippen LogP contribution in [0.25, 0.3) is 0 Å². The number of hydrogen-bond donors (Lipinski definition) is 0. The summed E-state index contributed by atoms with van der Waals surface area (Å²) in [6.45, 7) is 5.22. The molecule has 0 spiro atoms. The van der Waals surface area contributed by atoms with Gasteiger partial charge in [-0.05, 0) is 25.5 Å². The van der Waals surface area contributed by atoms with Crippen LogP contribution in [0.2, 0.25) is 0 Å². The van der Waals surface area contributed by atoms with E-state index in [0.29, 0.717) is 12.2 Å². The zero-order chi connectivity index (χ0) is 14.5. The first-order valence-corrected chi connectivity index (χ1v) is 6.64. The SMILES string of the molecule is CCCCON(C)C.CCOC(=O)c1ccccc1. The summed E-state index contributed by atoms with van der Waals surface area (Å²) in [7, 11) is 3.80. The van der Waals surface area contributed by atoms with Crippen LogP contribution in [-0.2, 0) is 9.57 Å². The van der Waals surface area contributed by atoms with Gasteiger partial charge in [0.05, 0.1) is 18.8 Å². The molecular formula is C15H25NO3. The van der Waals surface area contributed by atoms with Gasteiger partial charge in [-0.25, -0.2) is 4.79 Å². The third kappa shape index (κ3) is 10.2. The number of nitrogens with zero attached hydrogens (tertiary/aromatic N) is 1. The predicted molar refractivity (Wildman–Crippen MR) is 76.9 cm³/mol. The Balaban J connectivity index is 0.000000362. The van der Waals surface area contributed by atoms with E-state index >= 15 is 0 Å². The molecule has 0 radical (unpaired) electrons. The van der Waals surface area contributed by atoms with E-state index in [1.165, 1.54) is 6.42 Å². The summed E-state index contributed by atoms with van der Waals surface area (Å²) in [5.74, 6) is -0.256. The third-order valence-electron chi connectivity index (χ3n) is 2.13. The van der Waals surface area contributed by atoms with E-state index in [0.717, 1.165) is 13.0 Å². The lowest BCUT2D eigenvalue weighted by Gasteiger charge is -2.08. The van der Waals surface area contributed by atoms with E-state index in [2.05, 4.69) is 6.92 Å². The molecule has 0 amide bonds. The zero-order valence-electron chi connectivity index (χ0n) is 12.4. The second kappa shape index (κ2) is 11.7. The highest BCUT2D eigenvalue weighted by Crippen LogP contribution is 1.99. The maximum Gasteiger partial charge on any atom is 0.338 e. The van der Waals surface area contributed by atoms with Gasteiger partial charge in [0.1, 0.15) is 0 Å². The van der Waals surface area contributed by atoms with Crippen molar-refractivity contribution in [2.24, 2.45) is 0 Å². The Morgan fingerprint density at radius 1 is 1.16 bits per heavy atom. The van der Waals surface area contributed by atoms with Crippen molar-refractivity contribution in [2.45, 2.75) is 26.7 Å². The Hall–Kier alpha value is -1.39. The molecule has 0 aliphatic heterocycles. The van der Waals surface area contributed by atoms with Crippen molar-refractivity contribution in [2.75, 3.05) is 27.3 Å². The summed E-state index contributed by atoms with van der Waals surface area (Å²) >= 11 is 0. The highest BCUT2D eigenvalue weighted by atomic mass is 16.7. The number of hydrogen-bond acceptors (Lipinski definition) is 4. The number of carbonyl (C=O) groups excluding carboxylic acids is 1. The molecule has 0 N–H and O–H groups in total. The molecule has 0 aliphatic carbocycles. The Kier molecular flexibility index (Phi) is 10.8. The molecule has 0 saturated heterocycles. The van der Waals surface area contributed by atoms with E-state index < -0.39 is 0 Å². The van der Waals surface area contributed by atoms with Crippen molar-refractivity contribution in [3.63, 3.8) is 0 Å². The normalized spacial score (nSPS) is 9.74. The largest absolute Gasteiger partial charge is 0.462 e. The average Bonchev–Trinajstić information content (AvgIpc) is 2.41. The van der Waals surface area contributed by atoms with Crippen molar-refractivity contribution < 1.29 is 14.4 Å². The number of esters is 1. The Labute approximate surface area is 116 Å². The first kappa shape index (κ1) is 17.6. The Morgan fingerprint density at radius 3 is 2.26 bits per heavy atom. The Bertz CT molecular complexity index is 325. The van der Waals surface area contributed by atoms with Crippen molar-refractivity contribution in [3.8, 4) is 0 Å². The smallest absolute Gasteiger partial charge is 0.338 e. The lowest BCUT2D eigenvalue weighted by atomic mass is 10.2. The number of rotatable bonds is 6. The quantitative estimate of drug-likeness (QED) is 0.451. The Morgan fingerprint density at radius 2 is 1.79 bits per heavy atom. The van der Waals surface area contributed by atoms with Crippen molar-refractivity contribution >= 4 is 5.97 Å². The summed E-state index contributed by atoms with van der Waals surface area (Å²) in [6, 6.07) is 8.96. The molecule has 1 rings (SSSR count). The van der Waals surface area contributed by atoms with Crippen LogP contribution in [0.3, 0.4) is 0 Å². The van der Waals surface area contributed by atoms with Gasteiger partial charge in [-0.3, -0.25) is 4.84 Å². The topological polar surface area (TPSA) is 38.8 Å². The average molecular weight is 267 g/mol. The van der Waals surface area contributed by atoms with Gasteiger partial charge < -0.3 is 4.74 Å². The van der Waals surface area contributed by atoms with Crippen molar-refractivity contribution in [1.29, 1.82) is 0 Å². The van der Waals surface area contributed by atoms with Crippen LogP contribution in [0.1, 0.15) is 37.0 Å². The summed E-state index contributed by atoms with van der Waals surface area (Å²) in [5, 5.41) is 1.73. The van der Waals surface area contributed by atoms with E-state index in [4.69, 9.17) is 9.57 Å². The number of benzene rings is 1. The van der Waals surface area contributed by atoms with Gasteiger partial charge in [-0.2, -0.15) is 5.06 Å². The molecule has 0 fully saturated rings. The lowest BCUT2D eigenvalue weighted by molar-refractivity contribution is -0.120. The maximum absolute atomic E-state index is 11.0. The maximum atomic E-state index is 11.0. The van der Waals surface area contributed by atoms with Crippen LogP contribution in [0, 0.1) is 0 Å². The summed E-state index contributed by atoms with van der Waals surface area (Å²) in [5.41, 5.74) is 0.606. The fourth-order valence-electron chi connectivity index (χ4n) is 1.18. The molecule has 0 heterocycles. The number of ether oxygens (including phenoxy) is 1. The molecule has 108 valence electrons. The van der Waals surface area contributed by atoms with Crippen LogP contribution < -0.4 is 0 Å². The molecule has 1 aromatic carbocycles.